The zero-order chi connectivity index (χ0) is 22.8. The molecule has 0 amide bonds. The maximum atomic E-state index is 10.5. The van der Waals surface area contributed by atoms with Gasteiger partial charge in [-0.2, -0.15) is 0 Å². The number of aliphatic hydroxyl groups is 2. The Morgan fingerprint density at radius 3 is 2.45 bits per heavy atom. The molecule has 0 spiro atoms. The SMILES string of the molecule is C[C@H](CCCC(C)(C)O)C1CC[C@@]2(C)C3CC=C4C(CC[C@H](O)[C@@H]4C)[C@]3(C)CC[C@]12C. The van der Waals surface area contributed by atoms with Gasteiger partial charge >= 0.3 is 0 Å². The fourth-order valence-electron chi connectivity index (χ4n) is 9.46. The average Bonchev–Trinajstić information content (AvgIpc) is 2.95. The number of allylic oxidation sites excluding steroid dienone is 1. The Bertz CT molecular complexity index is 704. The van der Waals surface area contributed by atoms with Crippen molar-refractivity contribution >= 4 is 0 Å². The molecule has 2 nitrogen and oxygen atoms in total. The average molecular weight is 431 g/mol. The molecule has 0 aromatic rings. The molecule has 2 heteroatoms. The van der Waals surface area contributed by atoms with Crippen LogP contribution in [-0.2, 0) is 0 Å². The van der Waals surface area contributed by atoms with E-state index in [9.17, 15) is 10.2 Å². The molecule has 4 aliphatic rings. The summed E-state index contributed by atoms with van der Waals surface area (Å²) in [4.78, 5) is 0. The lowest BCUT2D eigenvalue weighted by molar-refractivity contribution is -0.141. The third kappa shape index (κ3) is 3.67. The summed E-state index contributed by atoms with van der Waals surface area (Å²) >= 11 is 0. The minimum atomic E-state index is -0.530. The summed E-state index contributed by atoms with van der Waals surface area (Å²) in [6.45, 7) is 16.6. The Labute approximate surface area is 192 Å². The van der Waals surface area contributed by atoms with Crippen molar-refractivity contribution in [3.05, 3.63) is 11.6 Å². The zero-order valence-corrected chi connectivity index (χ0v) is 21.5. The first-order valence-electron chi connectivity index (χ1n) is 13.4. The van der Waals surface area contributed by atoms with Crippen molar-refractivity contribution in [1.82, 2.24) is 0 Å². The molecule has 0 heterocycles. The standard InChI is InChI=1S/C29H50O2/c1-19(9-8-15-26(3,4)31)22-14-16-29(7)25-13-10-21-20(2)24(30)12-11-23(21)27(25,5)17-18-28(22,29)6/h10,19-20,22-25,30-31H,8-9,11-18H2,1-7H3/t19-,20-,22?,23?,24+,25?,27+,28-,29+/m1/s1. The van der Waals surface area contributed by atoms with Gasteiger partial charge in [-0.05, 0) is 105 Å². The molecule has 3 fully saturated rings. The van der Waals surface area contributed by atoms with Gasteiger partial charge in [-0.15, -0.1) is 0 Å². The molecule has 0 aromatic heterocycles. The first kappa shape index (κ1) is 23.8. The molecule has 2 N–H and O–H groups in total. The molecule has 31 heavy (non-hydrogen) atoms. The lowest BCUT2D eigenvalue weighted by Gasteiger charge is -2.65. The Balaban J connectivity index is 1.56. The van der Waals surface area contributed by atoms with Crippen molar-refractivity contribution in [3.8, 4) is 0 Å². The number of fused-ring (bicyclic) bond motifs is 5. The smallest absolute Gasteiger partial charge is 0.0603 e. The highest BCUT2D eigenvalue weighted by molar-refractivity contribution is 5.27. The minimum Gasteiger partial charge on any atom is -0.393 e. The first-order chi connectivity index (χ1) is 14.3. The molecule has 0 bridgehead atoms. The van der Waals surface area contributed by atoms with Crippen LogP contribution in [0.2, 0.25) is 0 Å². The van der Waals surface area contributed by atoms with Crippen LogP contribution in [0.3, 0.4) is 0 Å². The van der Waals surface area contributed by atoms with Crippen LogP contribution in [-0.4, -0.2) is 21.9 Å². The van der Waals surface area contributed by atoms with Crippen molar-refractivity contribution in [2.75, 3.05) is 0 Å². The second kappa shape index (κ2) is 7.86. The van der Waals surface area contributed by atoms with Crippen molar-refractivity contribution in [3.63, 3.8) is 0 Å². The summed E-state index contributed by atoms with van der Waals surface area (Å²) in [6.07, 6.45) is 14.7. The number of rotatable bonds is 5. The van der Waals surface area contributed by atoms with Gasteiger partial charge in [-0.3, -0.25) is 0 Å². The fourth-order valence-corrected chi connectivity index (χ4v) is 9.46. The molecule has 4 aliphatic carbocycles. The van der Waals surface area contributed by atoms with Crippen LogP contribution in [0.5, 0.6) is 0 Å². The highest BCUT2D eigenvalue weighted by Gasteiger charge is 2.66. The molecule has 3 saturated carbocycles. The fraction of sp³-hybridized carbons (Fsp3) is 0.931. The maximum Gasteiger partial charge on any atom is 0.0603 e. The van der Waals surface area contributed by atoms with Crippen LogP contribution < -0.4 is 0 Å². The molecule has 4 rings (SSSR count). The summed E-state index contributed by atoms with van der Waals surface area (Å²) in [6, 6.07) is 0. The number of hydrogen-bond acceptors (Lipinski definition) is 2. The van der Waals surface area contributed by atoms with Gasteiger partial charge in [0, 0.05) is 5.92 Å². The summed E-state index contributed by atoms with van der Waals surface area (Å²) in [5.41, 5.74) is 2.34. The Morgan fingerprint density at radius 2 is 1.77 bits per heavy atom. The van der Waals surface area contributed by atoms with E-state index < -0.39 is 5.60 Å². The molecule has 0 aromatic carbocycles. The third-order valence-corrected chi connectivity index (χ3v) is 11.6. The van der Waals surface area contributed by atoms with E-state index in [1.807, 2.05) is 13.8 Å². The van der Waals surface area contributed by atoms with Gasteiger partial charge in [-0.25, -0.2) is 0 Å². The second-order valence-electron chi connectivity index (χ2n) is 13.6. The Hall–Kier alpha value is -0.340. The van der Waals surface area contributed by atoms with E-state index in [-0.39, 0.29) is 6.10 Å². The number of hydrogen-bond donors (Lipinski definition) is 2. The highest BCUT2D eigenvalue weighted by atomic mass is 16.3. The lowest BCUT2D eigenvalue weighted by Crippen LogP contribution is -2.58. The molecule has 0 radical (unpaired) electrons. The van der Waals surface area contributed by atoms with Crippen LogP contribution in [0.1, 0.15) is 113 Å². The first-order valence-corrected chi connectivity index (χ1v) is 13.4. The van der Waals surface area contributed by atoms with E-state index in [4.69, 9.17) is 0 Å². The van der Waals surface area contributed by atoms with Gasteiger partial charge < -0.3 is 10.2 Å². The van der Waals surface area contributed by atoms with E-state index in [2.05, 4.69) is 40.7 Å². The van der Waals surface area contributed by atoms with Crippen molar-refractivity contribution in [2.24, 2.45) is 45.8 Å². The summed E-state index contributed by atoms with van der Waals surface area (Å²) in [7, 11) is 0. The molecular weight excluding hydrogens is 380 g/mol. The predicted molar refractivity (Wildman–Crippen MR) is 130 cm³/mol. The Kier molecular flexibility index (Phi) is 6.04. The van der Waals surface area contributed by atoms with Gasteiger partial charge in [0.15, 0.2) is 0 Å². The van der Waals surface area contributed by atoms with E-state index in [0.717, 1.165) is 37.0 Å². The predicted octanol–water partition coefficient (Wildman–Crippen LogP) is 7.14. The monoisotopic (exact) mass is 430 g/mol. The van der Waals surface area contributed by atoms with E-state index in [1.54, 1.807) is 5.57 Å². The normalized spacial score (nSPS) is 48.4. The molecule has 3 unspecified atom stereocenters. The van der Waals surface area contributed by atoms with Gasteiger partial charge in [0.2, 0.25) is 0 Å². The van der Waals surface area contributed by atoms with Crippen LogP contribution in [0, 0.1) is 45.8 Å². The van der Waals surface area contributed by atoms with E-state index in [0.29, 0.717) is 28.1 Å². The molecule has 0 aliphatic heterocycles. The molecule has 9 atom stereocenters. The van der Waals surface area contributed by atoms with Crippen LogP contribution in [0.25, 0.3) is 0 Å². The van der Waals surface area contributed by atoms with Gasteiger partial charge in [0.05, 0.1) is 11.7 Å². The van der Waals surface area contributed by atoms with E-state index in [1.165, 1.54) is 44.9 Å². The van der Waals surface area contributed by atoms with Gasteiger partial charge in [-0.1, -0.05) is 59.1 Å². The lowest BCUT2D eigenvalue weighted by atomic mass is 9.40. The quantitative estimate of drug-likeness (QED) is 0.455. The summed E-state index contributed by atoms with van der Waals surface area (Å²) in [5, 5.41) is 20.6. The zero-order valence-electron chi connectivity index (χ0n) is 21.5. The van der Waals surface area contributed by atoms with E-state index >= 15 is 0 Å². The summed E-state index contributed by atoms with van der Waals surface area (Å²) < 4.78 is 0. The van der Waals surface area contributed by atoms with Crippen LogP contribution >= 0.6 is 0 Å². The second-order valence-corrected chi connectivity index (χ2v) is 13.6. The van der Waals surface area contributed by atoms with Crippen LogP contribution in [0.4, 0.5) is 0 Å². The molecule has 178 valence electrons. The molecule has 0 saturated heterocycles. The van der Waals surface area contributed by atoms with Crippen molar-refractivity contribution in [2.45, 2.75) is 124 Å². The largest absolute Gasteiger partial charge is 0.393 e. The van der Waals surface area contributed by atoms with Crippen molar-refractivity contribution < 1.29 is 10.2 Å². The Morgan fingerprint density at radius 1 is 1.06 bits per heavy atom. The number of aliphatic hydroxyl groups excluding tert-OH is 1. The maximum absolute atomic E-state index is 10.5. The third-order valence-electron chi connectivity index (χ3n) is 11.6. The highest BCUT2D eigenvalue weighted by Crippen LogP contribution is 2.74. The van der Waals surface area contributed by atoms with Gasteiger partial charge in [0.1, 0.15) is 0 Å². The topological polar surface area (TPSA) is 40.5 Å². The van der Waals surface area contributed by atoms with Gasteiger partial charge in [0.25, 0.3) is 0 Å². The summed E-state index contributed by atoms with van der Waals surface area (Å²) in [5.74, 6) is 3.39. The van der Waals surface area contributed by atoms with Crippen LogP contribution in [0.15, 0.2) is 11.6 Å². The van der Waals surface area contributed by atoms with Crippen molar-refractivity contribution in [1.29, 1.82) is 0 Å². The minimum absolute atomic E-state index is 0.132. The molecular formula is C29H50O2.